The van der Waals surface area contributed by atoms with Gasteiger partial charge in [-0.3, -0.25) is 0 Å². The summed E-state index contributed by atoms with van der Waals surface area (Å²) in [5.41, 5.74) is 6.47. The zero-order valence-electron chi connectivity index (χ0n) is 11.8. The summed E-state index contributed by atoms with van der Waals surface area (Å²) < 4.78 is 0. The molecule has 2 aliphatic rings. The van der Waals surface area contributed by atoms with Crippen molar-refractivity contribution in [1.29, 1.82) is 0 Å². The molecule has 0 amide bonds. The van der Waals surface area contributed by atoms with Crippen molar-refractivity contribution in [2.75, 3.05) is 23.7 Å². The first kappa shape index (κ1) is 13.9. The van der Waals surface area contributed by atoms with Crippen LogP contribution in [0.15, 0.2) is 0 Å². The van der Waals surface area contributed by atoms with Crippen LogP contribution in [0.1, 0.15) is 37.8 Å². The lowest BCUT2D eigenvalue weighted by molar-refractivity contribution is 0.0408. The number of rotatable bonds is 1. The standard InChI is InChI=1S/C14H21ClN4O/c1-9-11(15)12(18-13(16)17-9)19-7-3-6-14(8-19)5-2-4-10(14)20/h10,20H,2-8H2,1H3,(H2,16,17,18)/t10-,14+/m1/s1. The van der Waals surface area contributed by atoms with Crippen molar-refractivity contribution in [1.82, 2.24) is 9.97 Å². The van der Waals surface area contributed by atoms with Crippen molar-refractivity contribution >= 4 is 23.4 Å². The Morgan fingerprint density at radius 3 is 2.80 bits per heavy atom. The fourth-order valence-corrected chi connectivity index (χ4v) is 3.92. The number of aromatic nitrogens is 2. The number of piperidine rings is 1. The lowest BCUT2D eigenvalue weighted by Gasteiger charge is -2.43. The minimum Gasteiger partial charge on any atom is -0.392 e. The number of aliphatic hydroxyl groups excluding tert-OH is 1. The highest BCUT2D eigenvalue weighted by atomic mass is 35.5. The van der Waals surface area contributed by atoms with E-state index in [-0.39, 0.29) is 17.5 Å². The zero-order chi connectivity index (χ0) is 14.3. The molecule has 1 aromatic heterocycles. The largest absolute Gasteiger partial charge is 0.392 e. The number of halogens is 1. The van der Waals surface area contributed by atoms with Gasteiger partial charge in [-0.1, -0.05) is 18.0 Å². The number of nitrogen functional groups attached to an aromatic ring is 1. The molecule has 3 rings (SSSR count). The lowest BCUT2D eigenvalue weighted by atomic mass is 9.76. The van der Waals surface area contributed by atoms with Gasteiger partial charge in [0, 0.05) is 18.5 Å². The molecule has 0 aromatic carbocycles. The summed E-state index contributed by atoms with van der Waals surface area (Å²) in [6.07, 6.45) is 5.03. The molecule has 0 bridgehead atoms. The van der Waals surface area contributed by atoms with Crippen LogP contribution in [0.3, 0.4) is 0 Å². The maximum atomic E-state index is 10.3. The second-order valence-corrected chi connectivity index (χ2v) is 6.48. The molecule has 5 nitrogen and oxygen atoms in total. The predicted molar refractivity (Wildman–Crippen MR) is 79.9 cm³/mol. The van der Waals surface area contributed by atoms with E-state index >= 15 is 0 Å². The number of nitrogens with zero attached hydrogens (tertiary/aromatic N) is 3. The molecule has 0 radical (unpaired) electrons. The van der Waals surface area contributed by atoms with Crippen LogP contribution in [0.2, 0.25) is 5.02 Å². The van der Waals surface area contributed by atoms with Gasteiger partial charge in [-0.05, 0) is 32.6 Å². The molecule has 1 saturated carbocycles. The zero-order valence-corrected chi connectivity index (χ0v) is 12.5. The van der Waals surface area contributed by atoms with Crippen molar-refractivity contribution in [2.45, 2.75) is 45.1 Å². The molecule has 0 unspecified atom stereocenters. The SMILES string of the molecule is Cc1nc(N)nc(N2CCC[C@@]3(CCC[C@H]3O)C2)c1Cl. The van der Waals surface area contributed by atoms with Crippen LogP contribution < -0.4 is 10.6 Å². The van der Waals surface area contributed by atoms with Gasteiger partial charge in [0.1, 0.15) is 5.02 Å². The van der Waals surface area contributed by atoms with Crippen molar-refractivity contribution in [3.8, 4) is 0 Å². The van der Waals surface area contributed by atoms with Crippen LogP contribution in [0.4, 0.5) is 11.8 Å². The fraction of sp³-hybridized carbons (Fsp3) is 0.714. The first-order chi connectivity index (χ1) is 9.52. The smallest absolute Gasteiger partial charge is 0.222 e. The van der Waals surface area contributed by atoms with E-state index in [1.54, 1.807) is 0 Å². The number of aryl methyl sites for hydroxylation is 1. The molecule has 1 aliphatic carbocycles. The Morgan fingerprint density at radius 1 is 1.35 bits per heavy atom. The first-order valence-electron chi connectivity index (χ1n) is 7.24. The van der Waals surface area contributed by atoms with Gasteiger partial charge < -0.3 is 15.7 Å². The van der Waals surface area contributed by atoms with E-state index in [2.05, 4.69) is 14.9 Å². The Hall–Kier alpha value is -1.07. The molecule has 1 saturated heterocycles. The van der Waals surface area contributed by atoms with E-state index in [9.17, 15) is 5.11 Å². The molecule has 6 heteroatoms. The second-order valence-electron chi connectivity index (χ2n) is 6.10. The van der Waals surface area contributed by atoms with Crippen molar-refractivity contribution < 1.29 is 5.11 Å². The number of hydrogen-bond donors (Lipinski definition) is 2. The highest BCUT2D eigenvalue weighted by Gasteiger charge is 2.45. The highest BCUT2D eigenvalue weighted by Crippen LogP contribution is 2.46. The fourth-order valence-electron chi connectivity index (χ4n) is 3.71. The summed E-state index contributed by atoms with van der Waals surface area (Å²) in [5.74, 6) is 0.975. The van der Waals surface area contributed by atoms with E-state index < -0.39 is 0 Å². The summed E-state index contributed by atoms with van der Waals surface area (Å²) >= 11 is 6.35. The maximum Gasteiger partial charge on any atom is 0.222 e. The Balaban J connectivity index is 1.91. The average molecular weight is 297 g/mol. The monoisotopic (exact) mass is 296 g/mol. The molecule has 2 heterocycles. The summed E-state index contributed by atoms with van der Waals surface area (Å²) in [6.45, 7) is 3.56. The summed E-state index contributed by atoms with van der Waals surface area (Å²) in [4.78, 5) is 10.6. The third kappa shape index (κ3) is 2.23. The van der Waals surface area contributed by atoms with Crippen LogP contribution in [-0.4, -0.2) is 34.3 Å². The third-order valence-electron chi connectivity index (χ3n) is 4.78. The van der Waals surface area contributed by atoms with Gasteiger partial charge in [0.15, 0.2) is 5.82 Å². The molecule has 2 fully saturated rings. The Kier molecular flexibility index (Phi) is 3.50. The van der Waals surface area contributed by atoms with E-state index in [0.29, 0.717) is 10.7 Å². The molecule has 1 aromatic rings. The Bertz CT molecular complexity index is 524. The molecule has 1 spiro atoms. The van der Waals surface area contributed by atoms with E-state index in [1.165, 1.54) is 0 Å². The quantitative estimate of drug-likeness (QED) is 0.830. The third-order valence-corrected chi connectivity index (χ3v) is 5.23. The summed E-state index contributed by atoms with van der Waals surface area (Å²) in [6, 6.07) is 0. The lowest BCUT2D eigenvalue weighted by Crippen LogP contribution is -2.47. The van der Waals surface area contributed by atoms with Crippen molar-refractivity contribution in [3.63, 3.8) is 0 Å². The first-order valence-corrected chi connectivity index (χ1v) is 7.62. The average Bonchev–Trinajstić information content (AvgIpc) is 2.75. The van der Waals surface area contributed by atoms with Crippen LogP contribution in [0.5, 0.6) is 0 Å². The summed E-state index contributed by atoms with van der Waals surface area (Å²) in [7, 11) is 0. The molecular formula is C14H21ClN4O. The highest BCUT2D eigenvalue weighted by molar-refractivity contribution is 6.33. The molecule has 3 N–H and O–H groups in total. The van der Waals surface area contributed by atoms with Gasteiger partial charge in [-0.2, -0.15) is 4.98 Å². The van der Waals surface area contributed by atoms with Gasteiger partial charge in [0.05, 0.1) is 11.8 Å². The Labute approximate surface area is 124 Å². The molecule has 20 heavy (non-hydrogen) atoms. The Morgan fingerprint density at radius 2 is 2.10 bits per heavy atom. The normalized spacial score (nSPS) is 30.1. The van der Waals surface area contributed by atoms with Gasteiger partial charge in [0.2, 0.25) is 5.95 Å². The van der Waals surface area contributed by atoms with Gasteiger partial charge in [-0.25, -0.2) is 4.98 Å². The minimum atomic E-state index is -0.204. The van der Waals surface area contributed by atoms with Gasteiger partial charge >= 0.3 is 0 Å². The van der Waals surface area contributed by atoms with E-state index in [4.69, 9.17) is 17.3 Å². The minimum absolute atomic E-state index is 0.00912. The van der Waals surface area contributed by atoms with Crippen molar-refractivity contribution in [2.24, 2.45) is 5.41 Å². The molecular weight excluding hydrogens is 276 g/mol. The summed E-state index contributed by atoms with van der Waals surface area (Å²) in [5, 5.41) is 10.9. The van der Waals surface area contributed by atoms with Gasteiger partial charge in [0.25, 0.3) is 0 Å². The van der Waals surface area contributed by atoms with Gasteiger partial charge in [-0.15, -0.1) is 0 Å². The number of nitrogens with two attached hydrogens (primary N) is 1. The van der Waals surface area contributed by atoms with Crippen molar-refractivity contribution in [3.05, 3.63) is 10.7 Å². The number of anilines is 2. The second kappa shape index (κ2) is 5.04. The van der Waals surface area contributed by atoms with E-state index in [0.717, 1.165) is 51.0 Å². The number of hydrogen-bond acceptors (Lipinski definition) is 5. The van der Waals surface area contributed by atoms with Crippen LogP contribution in [0, 0.1) is 12.3 Å². The van der Waals surface area contributed by atoms with Crippen LogP contribution in [0.25, 0.3) is 0 Å². The van der Waals surface area contributed by atoms with Crippen LogP contribution in [-0.2, 0) is 0 Å². The molecule has 1 aliphatic heterocycles. The molecule has 2 atom stereocenters. The van der Waals surface area contributed by atoms with E-state index in [1.807, 2.05) is 6.92 Å². The molecule has 110 valence electrons. The number of aliphatic hydroxyl groups is 1. The topological polar surface area (TPSA) is 75.3 Å². The maximum absolute atomic E-state index is 10.3. The van der Waals surface area contributed by atoms with Crippen LogP contribution >= 0.6 is 11.6 Å². The predicted octanol–water partition coefficient (Wildman–Crippen LogP) is 2.15.